The third kappa shape index (κ3) is 4.69. The summed E-state index contributed by atoms with van der Waals surface area (Å²) in [7, 11) is -3.34. The fourth-order valence-corrected chi connectivity index (χ4v) is 4.35. The molecule has 0 radical (unpaired) electrons. The van der Waals surface area contributed by atoms with Crippen molar-refractivity contribution < 1.29 is 15.7 Å². The normalized spacial score (nSPS) is 11.8. The first-order valence-corrected chi connectivity index (χ1v) is 12.2. The number of hydrogen-bond acceptors (Lipinski definition) is 8. The van der Waals surface area contributed by atoms with Crippen LogP contribution in [0.4, 0.5) is 0 Å². The molecule has 0 amide bonds. The quantitative estimate of drug-likeness (QED) is 0.425. The highest BCUT2D eigenvalue weighted by molar-refractivity contribution is 7.92. The molecule has 9 heteroatoms. The summed E-state index contributed by atoms with van der Waals surface area (Å²) in [5.41, 5.74) is 9.99. The van der Waals surface area contributed by atoms with E-state index >= 15 is 0 Å². The van der Waals surface area contributed by atoms with Gasteiger partial charge in [0.25, 0.3) is 5.89 Å². The lowest BCUT2D eigenvalue weighted by molar-refractivity contribution is 0.581. The van der Waals surface area contributed by atoms with Crippen LogP contribution in [-0.4, -0.2) is 40.4 Å². The Labute approximate surface area is 195 Å². The van der Waals surface area contributed by atoms with Crippen LogP contribution in [0.2, 0.25) is 0 Å². The summed E-state index contributed by atoms with van der Waals surface area (Å²) in [5.74, 6) is 0.654. The predicted octanol–water partition coefficient (Wildman–Crippen LogP) is 4.34. The maximum absolute atomic E-state index is 12.4. The lowest BCUT2D eigenvalue weighted by atomic mass is 10.1. The minimum atomic E-state index is -3.34. The molecule has 0 unspecified atom stereocenters. The molecular formula is C24H29N5O3S. The van der Waals surface area contributed by atoms with Gasteiger partial charge in [-0.25, -0.2) is 13.4 Å². The lowest BCUT2D eigenvalue weighted by Gasteiger charge is -2.09. The van der Waals surface area contributed by atoms with E-state index in [-0.39, 0.29) is 13.6 Å². The summed E-state index contributed by atoms with van der Waals surface area (Å²) in [6.07, 6.45) is 2.44. The molecule has 174 valence electrons. The number of nitrogens with two attached hydrogens (primary N) is 1. The van der Waals surface area contributed by atoms with Crippen LogP contribution in [0.25, 0.3) is 34.3 Å². The Morgan fingerprint density at radius 2 is 1.61 bits per heavy atom. The fraction of sp³-hybridized carbons (Fsp3) is 0.250. The van der Waals surface area contributed by atoms with Gasteiger partial charge in [-0.3, -0.25) is 4.98 Å². The van der Waals surface area contributed by atoms with Crippen molar-refractivity contribution in [3.63, 3.8) is 0 Å². The van der Waals surface area contributed by atoms with E-state index in [2.05, 4.69) is 20.2 Å². The number of rotatable bonds is 7. The average Bonchev–Trinajstić information content (AvgIpc) is 3.30. The Balaban J connectivity index is 0.00000216. The second kappa shape index (κ2) is 9.21. The summed E-state index contributed by atoms with van der Waals surface area (Å²) < 4.78 is 30.6. The first-order valence-electron chi connectivity index (χ1n) is 10.6. The highest BCUT2D eigenvalue weighted by atomic mass is 32.2. The smallest absolute Gasteiger partial charge is 0.268 e. The van der Waals surface area contributed by atoms with E-state index in [1.807, 2.05) is 31.2 Å². The van der Waals surface area contributed by atoms with Gasteiger partial charge in [0.05, 0.1) is 27.7 Å². The molecule has 0 fully saturated rings. The van der Waals surface area contributed by atoms with Crippen molar-refractivity contribution >= 4 is 9.84 Å². The topological polar surface area (TPSA) is 125 Å². The van der Waals surface area contributed by atoms with Crippen molar-refractivity contribution in [2.24, 2.45) is 5.73 Å². The third-order valence-corrected chi connectivity index (χ3v) is 7.49. The average molecular weight is 468 g/mol. The number of nitrogens with zero attached hydrogens (tertiary/aromatic N) is 4. The van der Waals surface area contributed by atoms with Gasteiger partial charge in [-0.05, 0) is 63.6 Å². The zero-order valence-electron chi connectivity index (χ0n) is 18.7. The predicted molar refractivity (Wildman–Crippen MR) is 130 cm³/mol. The van der Waals surface area contributed by atoms with Gasteiger partial charge in [0, 0.05) is 14.0 Å². The highest BCUT2D eigenvalue weighted by Crippen LogP contribution is 2.27. The van der Waals surface area contributed by atoms with Crippen LogP contribution >= 0.6 is 0 Å². The highest BCUT2D eigenvalue weighted by Gasteiger charge is 2.20. The van der Waals surface area contributed by atoms with E-state index in [0.29, 0.717) is 29.5 Å². The minimum Gasteiger partial charge on any atom is -0.415 e. The summed E-state index contributed by atoms with van der Waals surface area (Å²) in [5, 5.41) is 7.84. The van der Waals surface area contributed by atoms with Crippen molar-refractivity contribution in [1.82, 2.24) is 20.2 Å². The molecule has 0 aliphatic carbocycles. The molecule has 2 aromatic heterocycles. The lowest BCUT2D eigenvalue weighted by Crippen LogP contribution is -2.13. The SMILES string of the molecule is Cc1ncc(-c2ccc(S(=O)(=O)C(C)C)cc2)nc1-c1nnc(-c2ccc(CCN)cc2)o1.[HH].[HH]. The zero-order valence-corrected chi connectivity index (χ0v) is 19.5. The van der Waals surface area contributed by atoms with Crippen molar-refractivity contribution in [1.29, 1.82) is 0 Å². The molecule has 0 spiro atoms. The second-order valence-corrected chi connectivity index (χ2v) is 10.5. The molecule has 0 saturated carbocycles. The molecule has 4 aromatic rings. The second-order valence-electron chi connectivity index (χ2n) is 7.96. The first kappa shape index (κ1) is 22.8. The van der Waals surface area contributed by atoms with Crippen molar-refractivity contribution in [2.45, 2.75) is 37.3 Å². The van der Waals surface area contributed by atoms with Crippen molar-refractivity contribution in [2.75, 3.05) is 6.54 Å². The van der Waals surface area contributed by atoms with Gasteiger partial charge in [-0.1, -0.05) is 24.3 Å². The molecule has 2 aromatic carbocycles. The molecule has 2 N–H and O–H groups in total. The van der Waals surface area contributed by atoms with Crippen LogP contribution in [0.3, 0.4) is 0 Å². The molecule has 33 heavy (non-hydrogen) atoms. The summed E-state index contributed by atoms with van der Waals surface area (Å²) in [6.45, 7) is 5.73. The van der Waals surface area contributed by atoms with Gasteiger partial charge in [-0.15, -0.1) is 10.2 Å². The Morgan fingerprint density at radius 3 is 2.24 bits per heavy atom. The van der Waals surface area contributed by atoms with Crippen LogP contribution in [0.1, 0.15) is 28.0 Å². The molecule has 0 bridgehead atoms. The number of aromatic nitrogens is 4. The van der Waals surface area contributed by atoms with Crippen LogP contribution in [0.5, 0.6) is 0 Å². The van der Waals surface area contributed by atoms with E-state index in [0.717, 1.165) is 23.1 Å². The molecule has 0 saturated heterocycles. The zero-order chi connectivity index (χ0) is 23.6. The van der Waals surface area contributed by atoms with E-state index in [9.17, 15) is 8.42 Å². The Morgan fingerprint density at radius 1 is 0.970 bits per heavy atom. The summed E-state index contributed by atoms with van der Waals surface area (Å²) in [6, 6.07) is 14.4. The van der Waals surface area contributed by atoms with Crippen molar-refractivity contribution in [3.05, 3.63) is 66.0 Å². The molecule has 0 aliphatic heterocycles. The molecule has 4 rings (SSSR count). The summed E-state index contributed by atoms with van der Waals surface area (Å²) >= 11 is 0. The first-order chi connectivity index (χ1) is 15.8. The molecule has 2 heterocycles. The number of hydrogen-bond donors (Lipinski definition) is 1. The number of benzene rings is 2. The summed E-state index contributed by atoms with van der Waals surface area (Å²) in [4.78, 5) is 9.37. The Hall–Kier alpha value is -3.43. The van der Waals surface area contributed by atoms with E-state index in [1.54, 1.807) is 44.3 Å². The number of aryl methyl sites for hydroxylation is 1. The van der Waals surface area contributed by atoms with Crippen molar-refractivity contribution in [3.8, 4) is 34.3 Å². The standard InChI is InChI=1S/C24H25N5O3S.2H2/c1-15(2)33(30,31)20-10-8-18(9-11-20)21-14-26-16(3)22(27-21)24-29-28-23(32-24)19-6-4-17(5-7-19)12-13-25;;/h4-11,14-15H,12-13,25H2,1-3H3;2*1H. The van der Waals surface area contributed by atoms with Gasteiger partial charge >= 0.3 is 0 Å². The molecule has 0 aliphatic rings. The van der Waals surface area contributed by atoms with Gasteiger partial charge < -0.3 is 10.2 Å². The largest absolute Gasteiger partial charge is 0.415 e. The van der Waals surface area contributed by atoms with Crippen LogP contribution in [0, 0.1) is 6.92 Å². The third-order valence-electron chi connectivity index (χ3n) is 5.32. The van der Waals surface area contributed by atoms with E-state index in [1.165, 1.54) is 0 Å². The number of sulfone groups is 1. The maximum Gasteiger partial charge on any atom is 0.268 e. The minimum absolute atomic E-state index is 0. The van der Waals surface area contributed by atoms with Crippen LogP contribution < -0.4 is 5.73 Å². The Kier molecular flexibility index (Phi) is 6.35. The fourth-order valence-electron chi connectivity index (χ4n) is 3.29. The van der Waals surface area contributed by atoms with Crippen LogP contribution in [-0.2, 0) is 16.3 Å². The van der Waals surface area contributed by atoms with Gasteiger partial charge in [0.2, 0.25) is 5.89 Å². The van der Waals surface area contributed by atoms with Crippen LogP contribution in [0.15, 0.2) is 64.0 Å². The van der Waals surface area contributed by atoms with Gasteiger partial charge in [-0.2, -0.15) is 0 Å². The molecule has 8 nitrogen and oxygen atoms in total. The van der Waals surface area contributed by atoms with E-state index in [4.69, 9.17) is 10.2 Å². The van der Waals surface area contributed by atoms with E-state index < -0.39 is 15.1 Å². The molecular weight excluding hydrogens is 438 g/mol. The van der Waals surface area contributed by atoms with Gasteiger partial charge in [0.15, 0.2) is 9.84 Å². The van der Waals surface area contributed by atoms with Gasteiger partial charge in [0.1, 0.15) is 5.69 Å². The maximum atomic E-state index is 12.4. The molecule has 0 atom stereocenters. The monoisotopic (exact) mass is 467 g/mol. The Bertz CT molecular complexity index is 1370.